The van der Waals surface area contributed by atoms with Crippen molar-refractivity contribution in [2.24, 2.45) is 11.7 Å². The quantitative estimate of drug-likeness (QED) is 0.841. The van der Waals surface area contributed by atoms with Gasteiger partial charge in [-0.2, -0.15) is 0 Å². The molecule has 1 aromatic carbocycles. The molecular formula is C12H15ClN2O. The number of carbonyl (C=O) groups excluding carboxylic acids is 1. The topological polar surface area (TPSA) is 55.1 Å². The Hall–Kier alpha value is -1.06. The largest absolute Gasteiger partial charge is 0.348 e. The van der Waals surface area contributed by atoms with Gasteiger partial charge >= 0.3 is 0 Å². The van der Waals surface area contributed by atoms with Gasteiger partial charge in [0.05, 0.1) is 0 Å². The molecule has 1 fully saturated rings. The van der Waals surface area contributed by atoms with Gasteiger partial charge in [-0.1, -0.05) is 17.7 Å². The minimum absolute atomic E-state index is 0.0927. The van der Waals surface area contributed by atoms with Crippen LogP contribution in [0.25, 0.3) is 0 Å². The van der Waals surface area contributed by atoms with Gasteiger partial charge in [0.25, 0.3) is 5.91 Å². The first-order valence-electron chi connectivity index (χ1n) is 5.47. The minimum Gasteiger partial charge on any atom is -0.348 e. The highest BCUT2D eigenvalue weighted by atomic mass is 35.5. The lowest BCUT2D eigenvalue weighted by Crippen LogP contribution is -2.41. The van der Waals surface area contributed by atoms with Crippen LogP contribution in [0.3, 0.4) is 0 Å². The summed E-state index contributed by atoms with van der Waals surface area (Å²) in [6.07, 6.45) is 2.33. The van der Waals surface area contributed by atoms with Crippen LogP contribution in [0.4, 0.5) is 0 Å². The van der Waals surface area contributed by atoms with Gasteiger partial charge in [-0.05, 0) is 37.0 Å². The third-order valence-corrected chi connectivity index (χ3v) is 3.08. The van der Waals surface area contributed by atoms with Gasteiger partial charge in [0.2, 0.25) is 0 Å². The van der Waals surface area contributed by atoms with E-state index in [1.54, 1.807) is 24.3 Å². The van der Waals surface area contributed by atoms with Crippen LogP contribution in [0.15, 0.2) is 24.3 Å². The van der Waals surface area contributed by atoms with Crippen molar-refractivity contribution in [3.05, 3.63) is 34.9 Å². The third kappa shape index (κ3) is 2.74. The fraction of sp³-hybridized carbons (Fsp3) is 0.417. The predicted molar refractivity (Wildman–Crippen MR) is 64.5 cm³/mol. The maximum absolute atomic E-state index is 11.9. The average Bonchev–Trinajstić information content (AvgIpc) is 3.09. The number of benzene rings is 1. The number of carbonyl (C=O) groups is 1. The van der Waals surface area contributed by atoms with E-state index in [2.05, 4.69) is 5.32 Å². The van der Waals surface area contributed by atoms with E-state index in [1.165, 1.54) is 0 Å². The van der Waals surface area contributed by atoms with Crippen LogP contribution >= 0.6 is 11.6 Å². The molecule has 1 saturated carbocycles. The number of nitrogens with one attached hydrogen (secondary N) is 1. The molecule has 4 heteroatoms. The van der Waals surface area contributed by atoms with E-state index >= 15 is 0 Å². The SMILES string of the molecule is NCC(NC(=O)c1cccc(Cl)c1)C1CC1. The Morgan fingerprint density at radius 3 is 2.88 bits per heavy atom. The Balaban J connectivity index is 2.01. The Morgan fingerprint density at radius 1 is 1.56 bits per heavy atom. The summed E-state index contributed by atoms with van der Waals surface area (Å²) in [5, 5.41) is 3.52. The van der Waals surface area contributed by atoms with E-state index in [1.807, 2.05) is 0 Å². The molecule has 3 N–H and O–H groups in total. The molecule has 16 heavy (non-hydrogen) atoms. The number of nitrogens with two attached hydrogens (primary N) is 1. The van der Waals surface area contributed by atoms with E-state index < -0.39 is 0 Å². The van der Waals surface area contributed by atoms with Gasteiger partial charge in [0, 0.05) is 23.2 Å². The second kappa shape index (κ2) is 4.85. The summed E-state index contributed by atoms with van der Waals surface area (Å²) in [6, 6.07) is 7.04. The van der Waals surface area contributed by atoms with Crippen LogP contribution in [0.1, 0.15) is 23.2 Å². The van der Waals surface area contributed by atoms with E-state index in [9.17, 15) is 4.79 Å². The fourth-order valence-corrected chi connectivity index (χ4v) is 1.94. The highest BCUT2D eigenvalue weighted by Gasteiger charge is 2.31. The zero-order valence-electron chi connectivity index (χ0n) is 8.95. The van der Waals surface area contributed by atoms with Gasteiger partial charge < -0.3 is 11.1 Å². The first kappa shape index (κ1) is 11.4. The molecule has 86 valence electrons. The predicted octanol–water partition coefficient (Wildman–Crippen LogP) is 1.81. The van der Waals surface area contributed by atoms with Crippen LogP contribution in [0.2, 0.25) is 5.02 Å². The van der Waals surface area contributed by atoms with E-state index in [0.29, 0.717) is 23.0 Å². The molecule has 0 radical (unpaired) electrons. The van der Waals surface area contributed by atoms with E-state index in [0.717, 1.165) is 12.8 Å². The standard InChI is InChI=1S/C12H15ClN2O/c13-10-3-1-2-9(6-10)12(16)15-11(7-14)8-4-5-8/h1-3,6,8,11H,4-5,7,14H2,(H,15,16). The van der Waals surface area contributed by atoms with Crippen LogP contribution in [-0.4, -0.2) is 18.5 Å². The molecule has 0 bridgehead atoms. The monoisotopic (exact) mass is 238 g/mol. The summed E-state index contributed by atoms with van der Waals surface area (Å²) < 4.78 is 0. The van der Waals surface area contributed by atoms with E-state index in [4.69, 9.17) is 17.3 Å². The summed E-state index contributed by atoms with van der Waals surface area (Å²) >= 11 is 5.83. The first-order valence-corrected chi connectivity index (χ1v) is 5.85. The summed E-state index contributed by atoms with van der Waals surface area (Å²) in [4.78, 5) is 11.9. The summed E-state index contributed by atoms with van der Waals surface area (Å²) in [5.74, 6) is 0.470. The molecule has 3 nitrogen and oxygen atoms in total. The third-order valence-electron chi connectivity index (χ3n) is 2.85. The van der Waals surface area contributed by atoms with Crippen molar-refractivity contribution in [3.63, 3.8) is 0 Å². The van der Waals surface area contributed by atoms with E-state index in [-0.39, 0.29) is 11.9 Å². The maximum Gasteiger partial charge on any atom is 0.251 e. The molecule has 1 aromatic rings. The van der Waals surface area contributed by atoms with Crippen LogP contribution in [0.5, 0.6) is 0 Å². The molecule has 0 aromatic heterocycles. The number of amides is 1. The van der Waals surface area contributed by atoms with Crippen molar-refractivity contribution in [1.29, 1.82) is 0 Å². The number of halogens is 1. The van der Waals surface area contributed by atoms with Gasteiger partial charge in [-0.25, -0.2) is 0 Å². The van der Waals surface area contributed by atoms with Crippen molar-refractivity contribution in [2.75, 3.05) is 6.54 Å². The van der Waals surface area contributed by atoms with Gasteiger partial charge in [0.15, 0.2) is 0 Å². The summed E-state index contributed by atoms with van der Waals surface area (Å²) in [7, 11) is 0. The highest BCUT2D eigenvalue weighted by molar-refractivity contribution is 6.30. The minimum atomic E-state index is -0.0927. The molecule has 1 amide bonds. The molecule has 0 aliphatic heterocycles. The maximum atomic E-state index is 11.9. The molecule has 0 spiro atoms. The van der Waals surface area contributed by atoms with Crippen molar-refractivity contribution in [2.45, 2.75) is 18.9 Å². The molecule has 1 aliphatic carbocycles. The fourth-order valence-electron chi connectivity index (χ4n) is 1.75. The molecule has 0 heterocycles. The zero-order chi connectivity index (χ0) is 11.5. The Bertz CT molecular complexity index is 390. The van der Waals surface area contributed by atoms with Crippen molar-refractivity contribution >= 4 is 17.5 Å². The molecule has 1 atom stereocenters. The van der Waals surface area contributed by atoms with Crippen molar-refractivity contribution in [3.8, 4) is 0 Å². The second-order valence-electron chi connectivity index (χ2n) is 4.16. The number of hydrogen-bond donors (Lipinski definition) is 2. The van der Waals surface area contributed by atoms with Crippen molar-refractivity contribution < 1.29 is 4.79 Å². The number of rotatable bonds is 4. The molecule has 1 unspecified atom stereocenters. The van der Waals surface area contributed by atoms with Crippen molar-refractivity contribution in [1.82, 2.24) is 5.32 Å². The second-order valence-corrected chi connectivity index (χ2v) is 4.60. The number of hydrogen-bond acceptors (Lipinski definition) is 2. The van der Waals surface area contributed by atoms with Gasteiger partial charge in [0.1, 0.15) is 0 Å². The Labute approximate surface area is 100.0 Å². The normalized spacial score (nSPS) is 16.9. The molecule has 0 saturated heterocycles. The van der Waals surface area contributed by atoms with Crippen LogP contribution in [0, 0.1) is 5.92 Å². The lowest BCUT2D eigenvalue weighted by Gasteiger charge is -2.15. The van der Waals surface area contributed by atoms with Crippen LogP contribution in [-0.2, 0) is 0 Å². The smallest absolute Gasteiger partial charge is 0.251 e. The highest BCUT2D eigenvalue weighted by Crippen LogP contribution is 2.32. The average molecular weight is 239 g/mol. The summed E-state index contributed by atoms with van der Waals surface area (Å²) in [6.45, 7) is 0.497. The van der Waals surface area contributed by atoms with Gasteiger partial charge in [-0.15, -0.1) is 0 Å². The first-order chi connectivity index (χ1) is 7.70. The lowest BCUT2D eigenvalue weighted by molar-refractivity contribution is 0.0933. The molecule has 2 rings (SSSR count). The zero-order valence-corrected chi connectivity index (χ0v) is 9.70. The van der Waals surface area contributed by atoms with Crippen LogP contribution < -0.4 is 11.1 Å². The molecular weight excluding hydrogens is 224 g/mol. The Kier molecular flexibility index (Phi) is 3.46. The summed E-state index contributed by atoms with van der Waals surface area (Å²) in [5.41, 5.74) is 6.22. The Morgan fingerprint density at radius 2 is 2.31 bits per heavy atom. The lowest BCUT2D eigenvalue weighted by atomic mass is 10.1. The van der Waals surface area contributed by atoms with Gasteiger partial charge in [-0.3, -0.25) is 4.79 Å². The molecule has 1 aliphatic rings.